The van der Waals surface area contributed by atoms with Crippen molar-refractivity contribution in [2.45, 2.75) is 12.5 Å². The number of aromatic nitrogens is 3. The molecule has 2 aliphatic heterocycles. The molecule has 1 amide bonds. The van der Waals surface area contributed by atoms with Crippen molar-refractivity contribution in [3.8, 4) is 11.4 Å². The molecule has 2 saturated heterocycles. The lowest BCUT2D eigenvalue weighted by Gasteiger charge is -2.23. The Kier molecular flexibility index (Phi) is 6.72. The van der Waals surface area contributed by atoms with Crippen LogP contribution in [0.4, 0.5) is 5.95 Å². The van der Waals surface area contributed by atoms with E-state index in [2.05, 4.69) is 15.4 Å². The number of halogens is 2. The van der Waals surface area contributed by atoms with Crippen LogP contribution in [0.15, 0.2) is 24.3 Å². The van der Waals surface area contributed by atoms with E-state index in [0.717, 1.165) is 37.6 Å². The molecular weight excluding hydrogens is 387 g/mol. The molecule has 0 spiro atoms. The van der Waals surface area contributed by atoms with Gasteiger partial charge in [-0.3, -0.25) is 4.79 Å². The normalized spacial score (nSPS) is 20.6. The lowest BCUT2D eigenvalue weighted by Crippen LogP contribution is -2.39. The van der Waals surface area contributed by atoms with Gasteiger partial charge in [0.2, 0.25) is 5.95 Å². The molecule has 2 fully saturated rings. The highest BCUT2D eigenvalue weighted by molar-refractivity contribution is 5.95. The number of carbonyl (C=O) groups is 1. The molecular formula is C18H26Cl2N6O. The number of anilines is 1. The fourth-order valence-electron chi connectivity index (χ4n) is 3.95. The Bertz CT molecular complexity index is 809. The Labute approximate surface area is 171 Å². The highest BCUT2D eigenvalue weighted by Gasteiger charge is 2.40. The summed E-state index contributed by atoms with van der Waals surface area (Å²) >= 11 is 0. The SMILES string of the molecule is CN(C)c1nc(-c2cccc(C(=O)N3CC[C@H]4CNC[C@H]43)c2)nn1C.Cl.Cl. The zero-order valence-corrected chi connectivity index (χ0v) is 17.4. The minimum absolute atomic E-state index is 0. The Morgan fingerprint density at radius 2 is 2.04 bits per heavy atom. The van der Waals surface area contributed by atoms with Crippen molar-refractivity contribution in [2.75, 3.05) is 38.6 Å². The van der Waals surface area contributed by atoms with Crippen LogP contribution in [0.3, 0.4) is 0 Å². The number of benzene rings is 1. The molecule has 0 unspecified atom stereocenters. The lowest BCUT2D eigenvalue weighted by molar-refractivity contribution is 0.0737. The smallest absolute Gasteiger partial charge is 0.254 e. The first-order valence-electron chi connectivity index (χ1n) is 8.75. The Balaban J connectivity index is 0.00000131. The zero-order valence-electron chi connectivity index (χ0n) is 15.8. The molecule has 148 valence electrons. The summed E-state index contributed by atoms with van der Waals surface area (Å²) in [6.07, 6.45) is 1.09. The summed E-state index contributed by atoms with van der Waals surface area (Å²) in [5.74, 6) is 2.14. The maximum Gasteiger partial charge on any atom is 0.254 e. The summed E-state index contributed by atoms with van der Waals surface area (Å²) in [4.78, 5) is 21.5. The van der Waals surface area contributed by atoms with Crippen molar-refractivity contribution in [3.05, 3.63) is 29.8 Å². The molecule has 27 heavy (non-hydrogen) atoms. The molecule has 0 saturated carbocycles. The van der Waals surface area contributed by atoms with Crippen LogP contribution in [-0.2, 0) is 7.05 Å². The van der Waals surface area contributed by atoms with E-state index in [0.29, 0.717) is 23.3 Å². The molecule has 2 aromatic rings. The molecule has 2 aliphatic rings. The van der Waals surface area contributed by atoms with Gasteiger partial charge in [-0.2, -0.15) is 4.98 Å². The zero-order chi connectivity index (χ0) is 17.6. The second kappa shape index (κ2) is 8.46. The molecule has 1 aromatic heterocycles. The largest absolute Gasteiger partial charge is 0.347 e. The minimum Gasteiger partial charge on any atom is -0.347 e. The topological polar surface area (TPSA) is 66.3 Å². The summed E-state index contributed by atoms with van der Waals surface area (Å²) in [6.45, 7) is 2.79. The first-order valence-corrected chi connectivity index (χ1v) is 8.75. The van der Waals surface area contributed by atoms with Gasteiger partial charge in [0.1, 0.15) is 0 Å². The number of nitrogens with zero attached hydrogens (tertiary/aromatic N) is 5. The summed E-state index contributed by atoms with van der Waals surface area (Å²) in [7, 11) is 5.75. The van der Waals surface area contributed by atoms with E-state index in [1.165, 1.54) is 0 Å². The Morgan fingerprint density at radius 1 is 1.26 bits per heavy atom. The van der Waals surface area contributed by atoms with E-state index in [-0.39, 0.29) is 30.7 Å². The molecule has 9 heteroatoms. The van der Waals surface area contributed by atoms with Gasteiger partial charge in [0.15, 0.2) is 5.82 Å². The molecule has 0 bridgehead atoms. The quantitative estimate of drug-likeness (QED) is 0.832. The number of rotatable bonds is 3. The maximum absolute atomic E-state index is 13.0. The lowest BCUT2D eigenvalue weighted by atomic mass is 10.0. The second-order valence-electron chi connectivity index (χ2n) is 7.11. The van der Waals surface area contributed by atoms with Crippen LogP contribution in [-0.4, -0.2) is 65.3 Å². The van der Waals surface area contributed by atoms with Crippen LogP contribution in [0.5, 0.6) is 0 Å². The van der Waals surface area contributed by atoms with E-state index < -0.39 is 0 Å². The number of carbonyl (C=O) groups excluding carboxylic acids is 1. The van der Waals surface area contributed by atoms with Crippen LogP contribution in [0.25, 0.3) is 11.4 Å². The highest BCUT2D eigenvalue weighted by Crippen LogP contribution is 2.29. The van der Waals surface area contributed by atoms with Gasteiger partial charge in [-0.1, -0.05) is 12.1 Å². The summed E-state index contributed by atoms with van der Waals surface area (Å²) < 4.78 is 1.75. The predicted molar refractivity (Wildman–Crippen MR) is 111 cm³/mol. The van der Waals surface area contributed by atoms with E-state index in [1.54, 1.807) is 4.68 Å². The fourth-order valence-corrected chi connectivity index (χ4v) is 3.95. The van der Waals surface area contributed by atoms with Crippen molar-refractivity contribution < 1.29 is 4.79 Å². The summed E-state index contributed by atoms with van der Waals surface area (Å²) in [5.41, 5.74) is 1.58. The monoisotopic (exact) mass is 412 g/mol. The average Bonchev–Trinajstić information content (AvgIpc) is 3.29. The first-order chi connectivity index (χ1) is 12.0. The molecule has 1 N–H and O–H groups in total. The van der Waals surface area contributed by atoms with E-state index in [9.17, 15) is 4.79 Å². The number of hydrogen-bond donors (Lipinski definition) is 1. The molecule has 0 aliphatic carbocycles. The third-order valence-electron chi connectivity index (χ3n) is 5.21. The minimum atomic E-state index is 0. The van der Waals surface area contributed by atoms with Crippen LogP contribution in [0.2, 0.25) is 0 Å². The van der Waals surface area contributed by atoms with Gasteiger partial charge in [-0.25, -0.2) is 4.68 Å². The Hall–Kier alpha value is -1.83. The standard InChI is InChI=1S/C18H24N6O.2ClH/c1-22(2)18-20-16(21-23(18)3)12-5-4-6-13(9-12)17(25)24-8-7-14-10-19-11-15(14)24;;/h4-6,9,14-15,19H,7-8,10-11H2,1-3H3;2*1H/t14-,15+;;/m0../s1. The number of hydrogen-bond acceptors (Lipinski definition) is 5. The Morgan fingerprint density at radius 3 is 2.74 bits per heavy atom. The van der Waals surface area contributed by atoms with Crippen LogP contribution in [0, 0.1) is 5.92 Å². The van der Waals surface area contributed by atoms with Gasteiger partial charge in [0.25, 0.3) is 5.91 Å². The van der Waals surface area contributed by atoms with Gasteiger partial charge in [0.05, 0.1) is 0 Å². The van der Waals surface area contributed by atoms with Crippen molar-refractivity contribution >= 4 is 36.7 Å². The van der Waals surface area contributed by atoms with Crippen LogP contribution >= 0.6 is 24.8 Å². The number of fused-ring (bicyclic) bond motifs is 1. The molecule has 1 aromatic carbocycles. The second-order valence-corrected chi connectivity index (χ2v) is 7.11. The molecule has 4 rings (SSSR count). The van der Waals surface area contributed by atoms with Crippen LogP contribution < -0.4 is 10.2 Å². The summed E-state index contributed by atoms with van der Waals surface area (Å²) in [6, 6.07) is 8.00. The van der Waals surface area contributed by atoms with Crippen molar-refractivity contribution in [1.82, 2.24) is 25.0 Å². The van der Waals surface area contributed by atoms with Crippen molar-refractivity contribution in [1.29, 1.82) is 0 Å². The van der Waals surface area contributed by atoms with E-state index in [4.69, 9.17) is 0 Å². The first kappa shape index (κ1) is 21.5. The van der Waals surface area contributed by atoms with Crippen molar-refractivity contribution in [3.63, 3.8) is 0 Å². The van der Waals surface area contributed by atoms with Gasteiger partial charge < -0.3 is 15.1 Å². The van der Waals surface area contributed by atoms with Gasteiger partial charge in [-0.05, 0) is 24.5 Å². The van der Waals surface area contributed by atoms with E-state index >= 15 is 0 Å². The maximum atomic E-state index is 13.0. The number of amides is 1. The van der Waals surface area contributed by atoms with E-state index in [1.807, 2.05) is 55.2 Å². The number of likely N-dealkylation sites (tertiary alicyclic amines) is 1. The van der Waals surface area contributed by atoms with Gasteiger partial charge >= 0.3 is 0 Å². The number of aryl methyl sites for hydroxylation is 1. The highest BCUT2D eigenvalue weighted by atomic mass is 35.5. The average molecular weight is 413 g/mol. The molecule has 0 radical (unpaired) electrons. The molecule has 7 nitrogen and oxygen atoms in total. The molecule has 3 heterocycles. The summed E-state index contributed by atoms with van der Waals surface area (Å²) in [5, 5.41) is 7.88. The van der Waals surface area contributed by atoms with Crippen molar-refractivity contribution in [2.24, 2.45) is 13.0 Å². The third kappa shape index (κ3) is 3.90. The number of nitrogens with one attached hydrogen (secondary N) is 1. The van der Waals surface area contributed by atoms with Crippen LogP contribution in [0.1, 0.15) is 16.8 Å². The molecule has 2 atom stereocenters. The van der Waals surface area contributed by atoms with Gasteiger partial charge in [-0.15, -0.1) is 29.9 Å². The third-order valence-corrected chi connectivity index (χ3v) is 5.21. The predicted octanol–water partition coefficient (Wildman–Crippen LogP) is 1.83. The fraction of sp³-hybridized carbons (Fsp3) is 0.500. The van der Waals surface area contributed by atoms with Gasteiger partial charge in [0, 0.05) is 57.9 Å².